The van der Waals surface area contributed by atoms with Gasteiger partial charge in [-0.15, -0.1) is 0 Å². The van der Waals surface area contributed by atoms with Crippen molar-refractivity contribution in [1.82, 2.24) is 19.4 Å². The number of urea groups is 1. The molecule has 7 heteroatoms. The summed E-state index contributed by atoms with van der Waals surface area (Å²) < 4.78 is 7.42. The third kappa shape index (κ3) is 3.32. The standard InChI is InChI=1S/C23H23N5O2/c1-15-10-16(2)12-18(11-15)25-23(29)27-8-5-19(13-27)28-21(17-6-9-30-14-17)26-20-4-3-7-24-22(20)28/h3-4,6-7,9-12,14,19H,5,8,13H2,1-2H3,(H,25,29)/t19-/m0/s1. The second-order valence-electron chi connectivity index (χ2n) is 7.86. The number of imidazole rings is 1. The molecule has 30 heavy (non-hydrogen) atoms. The van der Waals surface area contributed by atoms with Crippen LogP contribution in [0, 0.1) is 13.8 Å². The molecule has 0 saturated carbocycles. The lowest BCUT2D eigenvalue weighted by Gasteiger charge is -2.19. The second-order valence-corrected chi connectivity index (χ2v) is 7.86. The van der Waals surface area contributed by atoms with Gasteiger partial charge in [0.05, 0.1) is 17.9 Å². The molecule has 4 aromatic rings. The van der Waals surface area contributed by atoms with Crippen molar-refractivity contribution in [3.8, 4) is 11.4 Å². The monoisotopic (exact) mass is 401 g/mol. The van der Waals surface area contributed by atoms with E-state index < -0.39 is 0 Å². The van der Waals surface area contributed by atoms with Gasteiger partial charge in [-0.3, -0.25) is 0 Å². The first kappa shape index (κ1) is 18.4. The molecule has 1 aromatic carbocycles. The maximum Gasteiger partial charge on any atom is 0.321 e. The number of nitrogens with one attached hydrogen (secondary N) is 1. The smallest absolute Gasteiger partial charge is 0.321 e. The van der Waals surface area contributed by atoms with Gasteiger partial charge in [0.15, 0.2) is 5.65 Å². The minimum Gasteiger partial charge on any atom is -0.472 e. The molecular weight excluding hydrogens is 378 g/mol. The summed E-state index contributed by atoms with van der Waals surface area (Å²) in [5, 5.41) is 3.04. The molecule has 1 saturated heterocycles. The number of aryl methyl sites for hydroxylation is 2. The van der Waals surface area contributed by atoms with Crippen molar-refractivity contribution < 1.29 is 9.21 Å². The number of nitrogens with zero attached hydrogens (tertiary/aromatic N) is 4. The van der Waals surface area contributed by atoms with Crippen LogP contribution in [0.15, 0.2) is 59.5 Å². The molecule has 152 valence electrons. The summed E-state index contributed by atoms with van der Waals surface area (Å²) in [5.74, 6) is 0.819. The van der Waals surface area contributed by atoms with Gasteiger partial charge < -0.3 is 19.2 Å². The predicted octanol–water partition coefficient (Wildman–Crippen LogP) is 4.79. The molecule has 1 aliphatic rings. The largest absolute Gasteiger partial charge is 0.472 e. The first-order valence-corrected chi connectivity index (χ1v) is 10.1. The molecule has 3 aromatic heterocycles. The predicted molar refractivity (Wildman–Crippen MR) is 115 cm³/mol. The number of hydrogen-bond donors (Lipinski definition) is 1. The van der Waals surface area contributed by atoms with Gasteiger partial charge in [0.2, 0.25) is 0 Å². The van der Waals surface area contributed by atoms with Crippen LogP contribution in [0.3, 0.4) is 0 Å². The van der Waals surface area contributed by atoms with Crippen molar-refractivity contribution in [2.45, 2.75) is 26.3 Å². The number of fused-ring (bicyclic) bond motifs is 1. The van der Waals surface area contributed by atoms with E-state index in [0.717, 1.165) is 45.8 Å². The van der Waals surface area contributed by atoms with E-state index >= 15 is 0 Å². The van der Waals surface area contributed by atoms with Gasteiger partial charge in [0, 0.05) is 25.0 Å². The number of anilines is 1. The van der Waals surface area contributed by atoms with Crippen molar-refractivity contribution in [1.29, 1.82) is 0 Å². The Morgan fingerprint density at radius 1 is 1.20 bits per heavy atom. The Kier molecular flexibility index (Phi) is 4.50. The minimum atomic E-state index is -0.0789. The van der Waals surface area contributed by atoms with E-state index in [1.165, 1.54) is 0 Å². The van der Waals surface area contributed by atoms with Gasteiger partial charge >= 0.3 is 6.03 Å². The Hall–Kier alpha value is -3.61. The number of pyridine rings is 1. The number of hydrogen-bond acceptors (Lipinski definition) is 4. The molecule has 1 N–H and O–H groups in total. The maximum atomic E-state index is 12.9. The van der Waals surface area contributed by atoms with E-state index in [1.54, 1.807) is 18.7 Å². The number of benzene rings is 1. The Morgan fingerprint density at radius 2 is 2.03 bits per heavy atom. The number of rotatable bonds is 3. The van der Waals surface area contributed by atoms with Crippen molar-refractivity contribution in [2.75, 3.05) is 18.4 Å². The fourth-order valence-corrected chi connectivity index (χ4v) is 4.26. The Balaban J connectivity index is 1.41. The molecule has 0 radical (unpaired) electrons. The number of carbonyl (C=O) groups is 1. The summed E-state index contributed by atoms with van der Waals surface area (Å²) in [6, 6.07) is 11.8. The van der Waals surface area contributed by atoms with Gasteiger partial charge in [-0.2, -0.15) is 0 Å². The SMILES string of the molecule is Cc1cc(C)cc(NC(=O)N2CC[C@H](n3c(-c4ccoc4)nc4cccnc43)C2)c1. The van der Waals surface area contributed by atoms with E-state index in [1.807, 2.05) is 49.1 Å². The number of amides is 2. The van der Waals surface area contributed by atoms with Crippen molar-refractivity contribution >= 4 is 22.9 Å². The van der Waals surface area contributed by atoms with E-state index in [4.69, 9.17) is 9.40 Å². The van der Waals surface area contributed by atoms with Crippen LogP contribution in [0.4, 0.5) is 10.5 Å². The number of likely N-dealkylation sites (tertiary alicyclic amines) is 1. The van der Waals surface area contributed by atoms with Crippen LogP contribution in [0.25, 0.3) is 22.6 Å². The lowest BCUT2D eigenvalue weighted by atomic mass is 10.1. The zero-order valence-corrected chi connectivity index (χ0v) is 17.0. The minimum absolute atomic E-state index is 0.0789. The highest BCUT2D eigenvalue weighted by atomic mass is 16.3. The van der Waals surface area contributed by atoms with Crippen LogP contribution in [-0.4, -0.2) is 38.6 Å². The first-order chi connectivity index (χ1) is 14.6. The third-order valence-electron chi connectivity index (χ3n) is 5.52. The van der Waals surface area contributed by atoms with Crippen LogP contribution in [-0.2, 0) is 0 Å². The Bertz CT molecular complexity index is 1190. The van der Waals surface area contributed by atoms with E-state index in [0.29, 0.717) is 13.1 Å². The molecule has 1 aliphatic heterocycles. The maximum absolute atomic E-state index is 12.9. The van der Waals surface area contributed by atoms with Crippen molar-refractivity contribution in [3.63, 3.8) is 0 Å². The molecule has 0 spiro atoms. The molecule has 4 heterocycles. The Labute approximate surface area is 174 Å². The lowest BCUT2D eigenvalue weighted by Crippen LogP contribution is -2.33. The van der Waals surface area contributed by atoms with E-state index in [9.17, 15) is 4.79 Å². The average Bonchev–Trinajstić information content (AvgIpc) is 3.45. The van der Waals surface area contributed by atoms with E-state index in [2.05, 4.69) is 20.9 Å². The van der Waals surface area contributed by atoms with Crippen LogP contribution in [0.1, 0.15) is 23.6 Å². The van der Waals surface area contributed by atoms with Crippen LogP contribution >= 0.6 is 0 Å². The molecule has 0 unspecified atom stereocenters. The topological polar surface area (TPSA) is 76.2 Å². The van der Waals surface area contributed by atoms with Crippen LogP contribution in [0.2, 0.25) is 0 Å². The van der Waals surface area contributed by atoms with E-state index in [-0.39, 0.29) is 12.1 Å². The third-order valence-corrected chi connectivity index (χ3v) is 5.52. The molecule has 2 amide bonds. The highest BCUT2D eigenvalue weighted by Gasteiger charge is 2.31. The summed E-state index contributed by atoms with van der Waals surface area (Å²) in [7, 11) is 0. The quantitative estimate of drug-likeness (QED) is 0.536. The van der Waals surface area contributed by atoms with Gasteiger partial charge in [-0.05, 0) is 61.7 Å². The lowest BCUT2D eigenvalue weighted by molar-refractivity contribution is 0.221. The fraction of sp³-hybridized carbons (Fsp3) is 0.261. The van der Waals surface area contributed by atoms with Gasteiger partial charge in [0.1, 0.15) is 17.6 Å². The van der Waals surface area contributed by atoms with Gasteiger partial charge in [-0.1, -0.05) is 6.07 Å². The molecule has 0 aliphatic carbocycles. The zero-order chi connectivity index (χ0) is 20.7. The van der Waals surface area contributed by atoms with Crippen molar-refractivity contribution in [2.24, 2.45) is 0 Å². The normalized spacial score (nSPS) is 16.3. The number of furan rings is 1. The summed E-state index contributed by atoms with van der Waals surface area (Å²) in [5.41, 5.74) is 5.67. The molecule has 1 fully saturated rings. The number of aromatic nitrogens is 3. The number of carbonyl (C=O) groups excluding carboxylic acids is 1. The molecule has 1 atom stereocenters. The average molecular weight is 401 g/mol. The molecule has 7 nitrogen and oxygen atoms in total. The van der Waals surface area contributed by atoms with Crippen LogP contribution in [0.5, 0.6) is 0 Å². The first-order valence-electron chi connectivity index (χ1n) is 10.1. The summed E-state index contributed by atoms with van der Waals surface area (Å²) in [6.07, 6.45) is 5.95. The zero-order valence-electron chi connectivity index (χ0n) is 17.0. The van der Waals surface area contributed by atoms with Crippen molar-refractivity contribution in [3.05, 3.63) is 66.2 Å². The molecule has 0 bridgehead atoms. The highest BCUT2D eigenvalue weighted by molar-refractivity contribution is 5.89. The van der Waals surface area contributed by atoms with Gasteiger partial charge in [-0.25, -0.2) is 14.8 Å². The molecule has 5 rings (SSSR count). The van der Waals surface area contributed by atoms with Gasteiger partial charge in [0.25, 0.3) is 0 Å². The summed E-state index contributed by atoms with van der Waals surface area (Å²) >= 11 is 0. The molecular formula is C23H23N5O2. The Morgan fingerprint density at radius 3 is 2.80 bits per heavy atom. The van der Waals surface area contributed by atoms with Crippen LogP contribution < -0.4 is 5.32 Å². The highest BCUT2D eigenvalue weighted by Crippen LogP contribution is 2.32. The second kappa shape index (κ2) is 7.33. The summed E-state index contributed by atoms with van der Waals surface area (Å²) in [6.45, 7) is 5.34. The summed E-state index contributed by atoms with van der Waals surface area (Å²) in [4.78, 5) is 24.1. The fourth-order valence-electron chi connectivity index (χ4n) is 4.26.